The first kappa shape index (κ1) is 19.2. The molecule has 0 bridgehead atoms. The van der Waals surface area contributed by atoms with E-state index in [9.17, 15) is 18.0 Å². The van der Waals surface area contributed by atoms with Gasteiger partial charge in [-0.05, 0) is 31.4 Å². The quantitative estimate of drug-likeness (QED) is 0.705. The first-order valence-corrected chi connectivity index (χ1v) is 9.80. The van der Waals surface area contributed by atoms with Crippen LogP contribution in [0.3, 0.4) is 0 Å². The normalized spacial score (nSPS) is 19.8. The summed E-state index contributed by atoms with van der Waals surface area (Å²) in [7, 11) is -2.67. The molecule has 0 radical (unpaired) electrons. The zero-order valence-corrected chi connectivity index (χ0v) is 16.5. The van der Waals surface area contributed by atoms with E-state index in [0.717, 1.165) is 6.08 Å². The van der Waals surface area contributed by atoms with Crippen molar-refractivity contribution in [3.63, 3.8) is 0 Å². The van der Waals surface area contributed by atoms with Gasteiger partial charge >= 0.3 is 5.97 Å². The Morgan fingerprint density at radius 2 is 1.89 bits per heavy atom. The van der Waals surface area contributed by atoms with Crippen molar-refractivity contribution in [2.24, 2.45) is 0 Å². The van der Waals surface area contributed by atoms with Crippen LogP contribution in [0, 0.1) is 0 Å². The summed E-state index contributed by atoms with van der Waals surface area (Å²) in [6, 6.07) is 3.00. The number of carbonyl (C=O) groups excluding carboxylic acids is 2. The van der Waals surface area contributed by atoms with Gasteiger partial charge in [-0.3, -0.25) is 4.79 Å². The van der Waals surface area contributed by atoms with E-state index in [4.69, 9.17) is 14.2 Å². The lowest BCUT2D eigenvalue weighted by Crippen LogP contribution is -2.34. The molecule has 27 heavy (non-hydrogen) atoms. The van der Waals surface area contributed by atoms with Gasteiger partial charge < -0.3 is 14.2 Å². The standard InChI is InChI=1S/C18H21NO7S/c1-10(2)12-6-11(24-5)7-13-16(12)17(21)19(27(13,22)23)9-25-14-8-15(20)26-18(14,3)4/h6-8,10H,9H2,1-5H3. The Bertz CT molecular complexity index is 960. The minimum Gasteiger partial charge on any atom is -0.497 e. The number of amides is 1. The summed E-state index contributed by atoms with van der Waals surface area (Å²) >= 11 is 0. The lowest BCUT2D eigenvalue weighted by Gasteiger charge is -2.23. The SMILES string of the molecule is COc1cc(C(C)C)c2c(c1)S(=O)(=O)N(COC1=CC(=O)OC1(C)C)C2=O. The number of fused-ring (bicyclic) bond motifs is 1. The average molecular weight is 395 g/mol. The molecule has 0 atom stereocenters. The predicted molar refractivity (Wildman–Crippen MR) is 94.6 cm³/mol. The minimum absolute atomic E-state index is 0.0867. The van der Waals surface area contributed by atoms with E-state index in [2.05, 4.69) is 0 Å². The molecule has 2 aliphatic rings. The molecular formula is C18H21NO7S. The van der Waals surface area contributed by atoms with Gasteiger partial charge in [0.2, 0.25) is 0 Å². The summed E-state index contributed by atoms with van der Waals surface area (Å²) in [5, 5.41) is 0. The van der Waals surface area contributed by atoms with E-state index >= 15 is 0 Å². The largest absolute Gasteiger partial charge is 0.497 e. The van der Waals surface area contributed by atoms with E-state index < -0.39 is 34.2 Å². The molecule has 1 aromatic carbocycles. The second-order valence-electron chi connectivity index (χ2n) is 7.12. The molecule has 3 rings (SSSR count). The number of nitrogens with zero attached hydrogens (tertiary/aromatic N) is 1. The maximum Gasteiger partial charge on any atom is 0.335 e. The van der Waals surface area contributed by atoms with Gasteiger partial charge in [0.25, 0.3) is 15.9 Å². The Labute approximate surface area is 157 Å². The summed E-state index contributed by atoms with van der Waals surface area (Å²) < 4.78 is 42.2. The molecule has 8 nitrogen and oxygen atoms in total. The Morgan fingerprint density at radius 1 is 1.22 bits per heavy atom. The number of rotatable bonds is 5. The molecule has 146 valence electrons. The maximum atomic E-state index is 12.9. The third kappa shape index (κ3) is 3.05. The Hall–Kier alpha value is -2.55. The first-order valence-electron chi connectivity index (χ1n) is 8.36. The molecule has 0 aliphatic carbocycles. The Kier molecular flexibility index (Phi) is 4.46. The highest BCUT2D eigenvalue weighted by Crippen LogP contribution is 2.39. The van der Waals surface area contributed by atoms with Crippen molar-refractivity contribution in [2.75, 3.05) is 13.8 Å². The number of hydrogen-bond donors (Lipinski definition) is 0. The number of cyclic esters (lactones) is 1. The number of esters is 1. The van der Waals surface area contributed by atoms with Crippen LogP contribution in [0.25, 0.3) is 0 Å². The molecule has 2 aliphatic heterocycles. The molecule has 1 aromatic rings. The molecule has 2 heterocycles. The molecule has 0 saturated heterocycles. The van der Waals surface area contributed by atoms with Crippen molar-refractivity contribution < 1.29 is 32.2 Å². The number of benzene rings is 1. The highest BCUT2D eigenvalue weighted by atomic mass is 32.2. The van der Waals surface area contributed by atoms with E-state index in [-0.39, 0.29) is 22.1 Å². The number of ether oxygens (including phenoxy) is 3. The summed E-state index contributed by atoms with van der Waals surface area (Å²) in [6.07, 6.45) is 1.14. The van der Waals surface area contributed by atoms with Crippen LogP contribution < -0.4 is 4.74 Å². The summed E-state index contributed by atoms with van der Waals surface area (Å²) in [5.41, 5.74) is -0.316. The number of carbonyl (C=O) groups is 2. The predicted octanol–water partition coefficient (Wildman–Crippen LogP) is 2.16. The minimum atomic E-state index is -4.10. The molecule has 0 unspecified atom stereocenters. The van der Waals surface area contributed by atoms with Crippen molar-refractivity contribution >= 4 is 21.9 Å². The van der Waals surface area contributed by atoms with Crippen LogP contribution in [0.1, 0.15) is 49.5 Å². The van der Waals surface area contributed by atoms with Crippen LogP contribution in [0.2, 0.25) is 0 Å². The van der Waals surface area contributed by atoms with Gasteiger partial charge in [-0.15, -0.1) is 0 Å². The van der Waals surface area contributed by atoms with Crippen molar-refractivity contribution in [1.82, 2.24) is 4.31 Å². The van der Waals surface area contributed by atoms with Crippen molar-refractivity contribution in [1.29, 1.82) is 0 Å². The van der Waals surface area contributed by atoms with E-state index in [1.165, 1.54) is 13.2 Å². The molecule has 0 N–H and O–H groups in total. The van der Waals surface area contributed by atoms with Gasteiger partial charge in [0, 0.05) is 6.07 Å². The van der Waals surface area contributed by atoms with Crippen LogP contribution in [-0.4, -0.2) is 44.0 Å². The third-order valence-electron chi connectivity index (χ3n) is 4.51. The zero-order chi connectivity index (χ0) is 20.1. The van der Waals surface area contributed by atoms with Gasteiger partial charge in [-0.25, -0.2) is 13.2 Å². The average Bonchev–Trinajstić information content (AvgIpc) is 2.94. The first-order chi connectivity index (χ1) is 12.5. The lowest BCUT2D eigenvalue weighted by atomic mass is 9.96. The second kappa shape index (κ2) is 6.26. The number of sulfonamides is 1. The van der Waals surface area contributed by atoms with E-state index in [1.54, 1.807) is 19.9 Å². The smallest absolute Gasteiger partial charge is 0.335 e. The van der Waals surface area contributed by atoms with Gasteiger partial charge in [0.15, 0.2) is 12.3 Å². The van der Waals surface area contributed by atoms with Crippen LogP contribution in [-0.2, 0) is 24.3 Å². The van der Waals surface area contributed by atoms with E-state index in [1.807, 2.05) is 13.8 Å². The summed E-state index contributed by atoms with van der Waals surface area (Å²) in [5.74, 6) is -0.819. The van der Waals surface area contributed by atoms with Crippen molar-refractivity contribution in [2.45, 2.75) is 44.1 Å². The fourth-order valence-corrected chi connectivity index (χ4v) is 4.52. The lowest BCUT2D eigenvalue weighted by molar-refractivity contribution is -0.145. The Morgan fingerprint density at radius 3 is 2.41 bits per heavy atom. The second-order valence-corrected chi connectivity index (χ2v) is 8.95. The molecule has 1 amide bonds. The van der Waals surface area contributed by atoms with Gasteiger partial charge in [0.1, 0.15) is 16.4 Å². The van der Waals surface area contributed by atoms with Gasteiger partial charge in [0.05, 0.1) is 18.7 Å². The fourth-order valence-electron chi connectivity index (χ4n) is 3.05. The van der Waals surface area contributed by atoms with Crippen molar-refractivity contribution in [3.05, 3.63) is 35.1 Å². The van der Waals surface area contributed by atoms with Crippen LogP contribution in [0.15, 0.2) is 28.9 Å². The highest BCUT2D eigenvalue weighted by Gasteiger charge is 2.45. The van der Waals surface area contributed by atoms with E-state index in [0.29, 0.717) is 15.6 Å². The number of methoxy groups -OCH3 is 1. The third-order valence-corrected chi connectivity index (χ3v) is 6.24. The van der Waals surface area contributed by atoms with Gasteiger partial charge in [-0.1, -0.05) is 13.8 Å². The van der Waals surface area contributed by atoms with Crippen LogP contribution in [0.5, 0.6) is 5.75 Å². The Balaban J connectivity index is 1.98. The van der Waals surface area contributed by atoms with Crippen LogP contribution in [0.4, 0.5) is 0 Å². The monoisotopic (exact) mass is 395 g/mol. The van der Waals surface area contributed by atoms with Crippen LogP contribution >= 0.6 is 0 Å². The fraction of sp³-hybridized carbons (Fsp3) is 0.444. The molecular weight excluding hydrogens is 374 g/mol. The molecule has 0 saturated carbocycles. The zero-order valence-electron chi connectivity index (χ0n) is 15.7. The van der Waals surface area contributed by atoms with Gasteiger partial charge in [-0.2, -0.15) is 4.31 Å². The molecule has 9 heteroatoms. The summed E-state index contributed by atoms with van der Waals surface area (Å²) in [6.45, 7) is 6.40. The topological polar surface area (TPSA) is 99.2 Å². The summed E-state index contributed by atoms with van der Waals surface area (Å²) in [4.78, 5) is 24.2. The molecule has 0 aromatic heterocycles. The highest BCUT2D eigenvalue weighted by molar-refractivity contribution is 7.90. The van der Waals surface area contributed by atoms with Crippen molar-refractivity contribution in [3.8, 4) is 5.75 Å². The maximum absolute atomic E-state index is 12.9. The molecule has 0 fully saturated rings. The molecule has 0 spiro atoms. The number of hydrogen-bond acceptors (Lipinski definition) is 7.